The second-order valence-electron chi connectivity index (χ2n) is 6.32. The third-order valence-corrected chi connectivity index (χ3v) is 4.06. The molecule has 0 radical (unpaired) electrons. The van der Waals surface area contributed by atoms with Crippen LogP contribution in [0.3, 0.4) is 0 Å². The normalized spacial score (nSPS) is 12.6. The van der Waals surface area contributed by atoms with E-state index in [0.29, 0.717) is 36.0 Å². The number of nitrogens with zero attached hydrogens (tertiary/aromatic N) is 1. The Balaban J connectivity index is 1.93. The molecule has 0 saturated heterocycles. The summed E-state index contributed by atoms with van der Waals surface area (Å²) >= 11 is 0. The smallest absolute Gasteiger partial charge is 0.269 e. The highest BCUT2D eigenvalue weighted by Crippen LogP contribution is 2.36. The van der Waals surface area contributed by atoms with Crippen LogP contribution in [-0.2, 0) is 0 Å². The van der Waals surface area contributed by atoms with Crippen molar-refractivity contribution < 1.29 is 24.0 Å². The lowest BCUT2D eigenvalue weighted by atomic mass is 9.98. The molecule has 0 spiro atoms. The van der Waals surface area contributed by atoms with Crippen molar-refractivity contribution in [2.75, 3.05) is 18.5 Å². The van der Waals surface area contributed by atoms with E-state index in [2.05, 4.69) is 5.32 Å². The van der Waals surface area contributed by atoms with E-state index in [4.69, 9.17) is 9.47 Å². The van der Waals surface area contributed by atoms with E-state index in [1.54, 1.807) is 26.0 Å². The van der Waals surface area contributed by atoms with E-state index in [1.165, 1.54) is 24.3 Å². The first-order valence-electron chi connectivity index (χ1n) is 8.40. The minimum atomic E-state index is -0.540. The number of nitro benzene ring substituents is 1. The predicted octanol–water partition coefficient (Wildman–Crippen LogP) is 3.46. The maximum atomic E-state index is 12.6. The van der Waals surface area contributed by atoms with Gasteiger partial charge >= 0.3 is 0 Å². The molecule has 1 aliphatic rings. The van der Waals surface area contributed by atoms with Gasteiger partial charge in [-0.3, -0.25) is 19.7 Å². The Labute approximate surface area is 155 Å². The van der Waals surface area contributed by atoms with Gasteiger partial charge in [-0.15, -0.1) is 0 Å². The van der Waals surface area contributed by atoms with Crippen LogP contribution in [0.5, 0.6) is 11.5 Å². The van der Waals surface area contributed by atoms with Crippen LogP contribution in [0.1, 0.15) is 34.6 Å². The van der Waals surface area contributed by atoms with Crippen molar-refractivity contribution in [1.29, 1.82) is 0 Å². The number of hydrogen-bond acceptors (Lipinski definition) is 6. The number of ketones is 1. The molecular formula is C19H18N2O6. The molecule has 2 aromatic carbocycles. The lowest BCUT2D eigenvalue weighted by molar-refractivity contribution is -0.384. The number of anilines is 1. The standard InChI is InChI=1S/C19H18N2O6/c1-11(2)18(22)14-9-16-17(27-8-7-26-16)10-15(14)20-19(23)12-3-5-13(6-4-12)21(24)25/h3-6,9-11H,7-8H2,1-2H3,(H,20,23). The Morgan fingerprint density at radius 2 is 1.67 bits per heavy atom. The van der Waals surface area contributed by atoms with E-state index in [1.807, 2.05) is 0 Å². The second-order valence-corrected chi connectivity index (χ2v) is 6.32. The molecule has 1 amide bonds. The Morgan fingerprint density at radius 3 is 2.22 bits per heavy atom. The fourth-order valence-corrected chi connectivity index (χ4v) is 2.64. The van der Waals surface area contributed by atoms with Gasteiger partial charge in [0.1, 0.15) is 13.2 Å². The summed E-state index contributed by atoms with van der Waals surface area (Å²) in [5.41, 5.74) is 0.755. The number of non-ortho nitro benzene ring substituents is 1. The maximum Gasteiger partial charge on any atom is 0.269 e. The van der Waals surface area contributed by atoms with Gasteiger partial charge in [-0.1, -0.05) is 13.8 Å². The van der Waals surface area contributed by atoms with Crippen molar-refractivity contribution in [3.63, 3.8) is 0 Å². The van der Waals surface area contributed by atoms with E-state index in [-0.39, 0.29) is 23.0 Å². The van der Waals surface area contributed by atoms with Crippen LogP contribution in [-0.4, -0.2) is 29.8 Å². The Bertz CT molecular complexity index is 905. The summed E-state index contributed by atoms with van der Waals surface area (Å²) in [4.78, 5) is 35.3. The number of rotatable bonds is 5. The molecule has 0 saturated carbocycles. The maximum absolute atomic E-state index is 12.6. The first-order valence-corrected chi connectivity index (χ1v) is 8.40. The highest BCUT2D eigenvalue weighted by atomic mass is 16.6. The van der Waals surface area contributed by atoms with Crippen molar-refractivity contribution in [2.45, 2.75) is 13.8 Å². The van der Waals surface area contributed by atoms with E-state index in [0.717, 1.165) is 0 Å². The zero-order valence-electron chi connectivity index (χ0n) is 14.9. The van der Waals surface area contributed by atoms with Crippen LogP contribution in [0.15, 0.2) is 36.4 Å². The highest BCUT2D eigenvalue weighted by molar-refractivity contribution is 6.10. The van der Waals surface area contributed by atoms with E-state index < -0.39 is 10.8 Å². The molecule has 0 atom stereocenters. The summed E-state index contributed by atoms with van der Waals surface area (Å²) in [5, 5.41) is 13.4. The van der Waals surface area contributed by atoms with E-state index in [9.17, 15) is 19.7 Å². The molecule has 140 valence electrons. The molecule has 3 rings (SSSR count). The fourth-order valence-electron chi connectivity index (χ4n) is 2.64. The van der Waals surface area contributed by atoms with Crippen LogP contribution in [0, 0.1) is 16.0 Å². The van der Waals surface area contributed by atoms with Gasteiger partial charge in [0.25, 0.3) is 11.6 Å². The fraction of sp³-hybridized carbons (Fsp3) is 0.263. The van der Waals surface area contributed by atoms with Crippen molar-refractivity contribution in [1.82, 2.24) is 0 Å². The third-order valence-electron chi connectivity index (χ3n) is 4.06. The summed E-state index contributed by atoms with van der Waals surface area (Å²) in [6, 6.07) is 8.35. The van der Waals surface area contributed by atoms with Crippen molar-refractivity contribution in [2.24, 2.45) is 5.92 Å². The Morgan fingerprint density at radius 1 is 1.07 bits per heavy atom. The van der Waals surface area contributed by atoms with E-state index >= 15 is 0 Å². The third kappa shape index (κ3) is 3.89. The predicted molar refractivity (Wildman–Crippen MR) is 97.7 cm³/mol. The molecule has 0 aliphatic carbocycles. The molecule has 27 heavy (non-hydrogen) atoms. The molecule has 0 aromatic heterocycles. The summed E-state index contributed by atoms with van der Waals surface area (Å²) in [6.45, 7) is 4.29. The number of carbonyl (C=O) groups is 2. The molecular weight excluding hydrogens is 352 g/mol. The average Bonchev–Trinajstić information content (AvgIpc) is 2.66. The number of fused-ring (bicyclic) bond motifs is 1. The SMILES string of the molecule is CC(C)C(=O)c1cc2c(cc1NC(=O)c1ccc([N+](=O)[O-])cc1)OCCO2. The molecule has 2 aromatic rings. The molecule has 0 fully saturated rings. The molecule has 8 nitrogen and oxygen atoms in total. The molecule has 8 heteroatoms. The summed E-state index contributed by atoms with van der Waals surface area (Å²) < 4.78 is 11.0. The van der Waals surface area contributed by atoms with Gasteiger partial charge in [0.2, 0.25) is 0 Å². The average molecular weight is 370 g/mol. The van der Waals surface area contributed by atoms with Crippen molar-refractivity contribution in [3.05, 3.63) is 57.6 Å². The number of ether oxygens (including phenoxy) is 2. The Hall–Kier alpha value is -3.42. The molecule has 0 unspecified atom stereocenters. The summed E-state index contributed by atoms with van der Waals surface area (Å²) in [5.74, 6) is -0.00733. The van der Waals surface area contributed by atoms with Crippen LogP contribution < -0.4 is 14.8 Å². The summed E-state index contributed by atoms with van der Waals surface area (Å²) in [7, 11) is 0. The number of nitro groups is 1. The van der Waals surface area contributed by atoms with Gasteiger partial charge in [0.05, 0.1) is 10.6 Å². The van der Waals surface area contributed by atoms with Gasteiger partial charge in [-0.25, -0.2) is 0 Å². The number of Topliss-reactive ketones (excluding diaryl/α,β-unsaturated/α-hetero) is 1. The molecule has 1 aliphatic heterocycles. The van der Waals surface area contributed by atoms with Crippen LogP contribution in [0.4, 0.5) is 11.4 Å². The van der Waals surface area contributed by atoms with Crippen LogP contribution in [0.2, 0.25) is 0 Å². The number of carbonyl (C=O) groups excluding carboxylic acids is 2. The van der Waals surface area contributed by atoms with Crippen molar-refractivity contribution in [3.8, 4) is 11.5 Å². The van der Waals surface area contributed by atoms with Crippen LogP contribution >= 0.6 is 0 Å². The Kier molecular flexibility index (Phi) is 5.07. The first-order chi connectivity index (χ1) is 12.9. The first kappa shape index (κ1) is 18.4. The molecule has 1 heterocycles. The van der Waals surface area contributed by atoms with Crippen LogP contribution in [0.25, 0.3) is 0 Å². The zero-order valence-corrected chi connectivity index (χ0v) is 14.9. The number of hydrogen-bond donors (Lipinski definition) is 1. The zero-order chi connectivity index (χ0) is 19.6. The topological polar surface area (TPSA) is 108 Å². The number of nitrogens with one attached hydrogen (secondary N) is 1. The largest absolute Gasteiger partial charge is 0.486 e. The highest BCUT2D eigenvalue weighted by Gasteiger charge is 2.23. The lowest BCUT2D eigenvalue weighted by Crippen LogP contribution is -2.20. The van der Waals surface area contributed by atoms with Gasteiger partial charge in [-0.05, 0) is 18.2 Å². The minimum absolute atomic E-state index is 0.110. The van der Waals surface area contributed by atoms with Gasteiger partial charge in [0, 0.05) is 35.2 Å². The minimum Gasteiger partial charge on any atom is -0.486 e. The lowest BCUT2D eigenvalue weighted by Gasteiger charge is -2.21. The second kappa shape index (κ2) is 7.45. The number of benzene rings is 2. The van der Waals surface area contributed by atoms with Gasteiger partial charge < -0.3 is 14.8 Å². The number of amides is 1. The molecule has 0 bridgehead atoms. The molecule has 1 N–H and O–H groups in total. The summed E-state index contributed by atoms with van der Waals surface area (Å²) in [6.07, 6.45) is 0. The van der Waals surface area contributed by atoms with Gasteiger partial charge in [0.15, 0.2) is 17.3 Å². The quantitative estimate of drug-likeness (QED) is 0.491. The monoisotopic (exact) mass is 370 g/mol. The van der Waals surface area contributed by atoms with Crippen molar-refractivity contribution >= 4 is 23.1 Å². The van der Waals surface area contributed by atoms with Gasteiger partial charge in [-0.2, -0.15) is 0 Å².